The predicted octanol–water partition coefficient (Wildman–Crippen LogP) is 4.62. The zero-order chi connectivity index (χ0) is 23.7. The molecule has 4 aromatic rings. The average molecular weight is 472 g/mol. The number of amides is 2. The number of nitrogens with zero attached hydrogens (tertiary/aromatic N) is 3. The summed E-state index contributed by atoms with van der Waals surface area (Å²) in [6.45, 7) is 4.66. The Balaban J connectivity index is 1.32. The van der Waals surface area contributed by atoms with Crippen LogP contribution in [0.25, 0.3) is 20.7 Å². The van der Waals surface area contributed by atoms with E-state index >= 15 is 0 Å². The fourth-order valence-electron chi connectivity index (χ4n) is 4.31. The molecule has 8 heteroatoms. The minimum Gasteiger partial charge on any atom is -0.360 e. The zero-order valence-electron chi connectivity index (χ0n) is 19.1. The number of hydrogen-bond donors (Lipinski definition) is 2. The fourth-order valence-corrected chi connectivity index (χ4v) is 5.39. The normalized spacial score (nSPS) is 12.9. The van der Waals surface area contributed by atoms with E-state index in [1.54, 1.807) is 11.3 Å². The van der Waals surface area contributed by atoms with Gasteiger partial charge in [0.1, 0.15) is 16.5 Å². The molecule has 5 rings (SSSR count). The van der Waals surface area contributed by atoms with Crippen LogP contribution in [-0.4, -0.2) is 39.8 Å². The van der Waals surface area contributed by atoms with E-state index < -0.39 is 0 Å². The number of carbonyl (C=O) groups is 2. The lowest BCUT2D eigenvalue weighted by atomic mass is 9.97. The summed E-state index contributed by atoms with van der Waals surface area (Å²) >= 11 is 1.62. The Morgan fingerprint density at radius 2 is 1.91 bits per heavy atom. The molecule has 0 fully saturated rings. The highest BCUT2D eigenvalue weighted by Gasteiger charge is 2.23. The summed E-state index contributed by atoms with van der Waals surface area (Å²) in [6.07, 6.45) is 0.708. The average Bonchev–Trinajstić information content (AvgIpc) is 3.26. The highest BCUT2D eigenvalue weighted by molar-refractivity contribution is 7.21. The Bertz CT molecular complexity index is 1380. The van der Waals surface area contributed by atoms with E-state index in [0.29, 0.717) is 31.2 Å². The van der Waals surface area contributed by atoms with E-state index in [0.717, 1.165) is 37.5 Å². The molecule has 2 aromatic heterocycles. The first-order valence-electron chi connectivity index (χ1n) is 11.2. The third-order valence-electron chi connectivity index (χ3n) is 5.90. The van der Waals surface area contributed by atoms with E-state index in [-0.39, 0.29) is 18.4 Å². The van der Waals surface area contributed by atoms with E-state index in [1.165, 1.54) is 6.92 Å². The van der Waals surface area contributed by atoms with Crippen LogP contribution in [0.3, 0.4) is 0 Å². The Morgan fingerprint density at radius 1 is 1.09 bits per heavy atom. The van der Waals surface area contributed by atoms with Crippen LogP contribution >= 0.6 is 11.3 Å². The zero-order valence-corrected chi connectivity index (χ0v) is 19.9. The predicted molar refractivity (Wildman–Crippen MR) is 136 cm³/mol. The third-order valence-corrected chi connectivity index (χ3v) is 6.98. The molecule has 0 saturated carbocycles. The smallest absolute Gasteiger partial charge is 0.242 e. The van der Waals surface area contributed by atoms with Gasteiger partial charge >= 0.3 is 0 Å². The van der Waals surface area contributed by atoms with E-state index in [1.807, 2.05) is 48.2 Å². The van der Waals surface area contributed by atoms with Crippen LogP contribution in [0.2, 0.25) is 0 Å². The minimum absolute atomic E-state index is 0.0125. The van der Waals surface area contributed by atoms with Crippen LogP contribution in [-0.2, 0) is 22.6 Å². The first-order chi connectivity index (χ1) is 16.5. The lowest BCUT2D eigenvalue weighted by molar-refractivity contribution is -0.130. The van der Waals surface area contributed by atoms with Crippen molar-refractivity contribution >= 4 is 44.9 Å². The lowest BCUT2D eigenvalue weighted by Crippen LogP contribution is -2.39. The maximum Gasteiger partial charge on any atom is 0.242 e. The molecule has 1 aliphatic rings. The van der Waals surface area contributed by atoms with Crippen LogP contribution in [0.1, 0.15) is 23.9 Å². The summed E-state index contributed by atoms with van der Waals surface area (Å²) in [5, 5.41) is 7.07. The number of nitrogens with one attached hydrogen (secondary N) is 2. The monoisotopic (exact) mass is 471 g/mol. The maximum atomic E-state index is 13.0. The number of aryl methyl sites for hydroxylation is 1. The summed E-state index contributed by atoms with van der Waals surface area (Å²) in [4.78, 5) is 37.6. The van der Waals surface area contributed by atoms with Crippen molar-refractivity contribution in [1.82, 2.24) is 14.9 Å². The SMILES string of the molecule is CC(=O)Nc1cccc2c1CCN(C(=O)CNc1nc(C)nc3sc(-c4ccccc4)cc13)C2. The second-order valence-corrected chi connectivity index (χ2v) is 9.39. The van der Waals surface area contributed by atoms with Gasteiger partial charge in [-0.3, -0.25) is 9.59 Å². The summed E-state index contributed by atoms with van der Waals surface area (Å²) in [5.74, 6) is 1.27. The number of benzene rings is 2. The van der Waals surface area contributed by atoms with Crippen LogP contribution in [0.5, 0.6) is 0 Å². The molecule has 0 saturated heterocycles. The summed E-state index contributed by atoms with van der Waals surface area (Å²) in [6, 6.07) is 18.1. The molecule has 0 bridgehead atoms. The summed E-state index contributed by atoms with van der Waals surface area (Å²) in [7, 11) is 0. The van der Waals surface area contributed by atoms with Crippen LogP contribution < -0.4 is 10.6 Å². The molecule has 2 amide bonds. The maximum absolute atomic E-state index is 13.0. The number of aromatic nitrogens is 2. The van der Waals surface area contributed by atoms with Crippen molar-refractivity contribution in [2.24, 2.45) is 0 Å². The molecule has 7 nitrogen and oxygen atoms in total. The molecule has 34 heavy (non-hydrogen) atoms. The van der Waals surface area contributed by atoms with Gasteiger partial charge in [0.05, 0.1) is 11.9 Å². The van der Waals surface area contributed by atoms with Gasteiger partial charge in [-0.1, -0.05) is 42.5 Å². The van der Waals surface area contributed by atoms with Crippen molar-refractivity contribution in [3.8, 4) is 10.4 Å². The Labute approximate surface area is 201 Å². The number of fused-ring (bicyclic) bond motifs is 2. The molecule has 0 atom stereocenters. The quantitative estimate of drug-likeness (QED) is 0.443. The van der Waals surface area contributed by atoms with E-state index in [2.05, 4.69) is 38.8 Å². The van der Waals surface area contributed by atoms with Gasteiger partial charge in [0, 0.05) is 30.6 Å². The van der Waals surface area contributed by atoms with Crippen molar-refractivity contribution in [1.29, 1.82) is 0 Å². The van der Waals surface area contributed by atoms with Gasteiger partial charge in [0.15, 0.2) is 0 Å². The highest BCUT2D eigenvalue weighted by atomic mass is 32.1. The van der Waals surface area contributed by atoms with Crippen molar-refractivity contribution in [2.45, 2.75) is 26.8 Å². The second-order valence-electron chi connectivity index (χ2n) is 8.36. The van der Waals surface area contributed by atoms with Gasteiger partial charge in [-0.25, -0.2) is 9.97 Å². The molecule has 0 aliphatic carbocycles. The minimum atomic E-state index is -0.0913. The van der Waals surface area contributed by atoms with Crippen LogP contribution in [0.15, 0.2) is 54.6 Å². The molecular weight excluding hydrogens is 446 g/mol. The number of rotatable bonds is 5. The molecular formula is C26H25N5O2S. The first-order valence-corrected chi connectivity index (χ1v) is 12.0. The van der Waals surface area contributed by atoms with Crippen molar-refractivity contribution < 1.29 is 9.59 Å². The summed E-state index contributed by atoms with van der Waals surface area (Å²) in [5.41, 5.74) is 4.14. The Morgan fingerprint density at radius 3 is 2.71 bits per heavy atom. The molecule has 2 N–H and O–H groups in total. The van der Waals surface area contributed by atoms with E-state index in [9.17, 15) is 9.59 Å². The number of hydrogen-bond acceptors (Lipinski definition) is 6. The third kappa shape index (κ3) is 4.49. The van der Waals surface area contributed by atoms with Crippen molar-refractivity contribution in [2.75, 3.05) is 23.7 Å². The van der Waals surface area contributed by atoms with Gasteiger partial charge in [-0.15, -0.1) is 11.3 Å². The van der Waals surface area contributed by atoms with Gasteiger partial charge < -0.3 is 15.5 Å². The second kappa shape index (κ2) is 9.23. The molecule has 0 unspecified atom stereocenters. The van der Waals surface area contributed by atoms with E-state index in [4.69, 9.17) is 0 Å². The summed E-state index contributed by atoms with van der Waals surface area (Å²) < 4.78 is 0. The highest BCUT2D eigenvalue weighted by Crippen LogP contribution is 2.35. The van der Waals surface area contributed by atoms with Gasteiger partial charge in [-0.05, 0) is 42.2 Å². The number of anilines is 2. The van der Waals surface area contributed by atoms with Crippen molar-refractivity contribution in [3.63, 3.8) is 0 Å². The first kappa shape index (κ1) is 22.0. The largest absolute Gasteiger partial charge is 0.360 e. The van der Waals surface area contributed by atoms with Crippen LogP contribution in [0.4, 0.5) is 11.5 Å². The topological polar surface area (TPSA) is 87.2 Å². The molecule has 0 spiro atoms. The molecule has 172 valence electrons. The fraction of sp³-hybridized carbons (Fsp3) is 0.231. The lowest BCUT2D eigenvalue weighted by Gasteiger charge is -2.30. The number of thiophene rings is 1. The standard InChI is InChI=1S/C26H25N5O2S/c1-16-28-25(21-13-23(34-26(21)29-16)18-7-4-3-5-8-18)27-14-24(33)31-12-11-20-19(15-31)9-6-10-22(20)30-17(2)32/h3-10,13H,11-12,14-15H2,1-2H3,(H,30,32)(H,27,28,29). The Kier molecular flexibility index (Phi) is 5.98. The molecule has 1 aliphatic heterocycles. The molecule has 0 radical (unpaired) electrons. The number of carbonyl (C=O) groups excluding carboxylic acids is 2. The van der Waals surface area contributed by atoms with Gasteiger partial charge in [0.25, 0.3) is 0 Å². The van der Waals surface area contributed by atoms with Gasteiger partial charge in [0.2, 0.25) is 11.8 Å². The molecule has 2 aromatic carbocycles. The van der Waals surface area contributed by atoms with Gasteiger partial charge in [-0.2, -0.15) is 0 Å². The van der Waals surface area contributed by atoms with Crippen molar-refractivity contribution in [3.05, 3.63) is 71.5 Å². The Hall–Kier alpha value is -3.78. The van der Waals surface area contributed by atoms with Crippen LogP contribution in [0, 0.1) is 6.92 Å². The molecule has 3 heterocycles.